The molecule has 0 aliphatic heterocycles. The van der Waals surface area contributed by atoms with Crippen LogP contribution in [0.2, 0.25) is 0 Å². The zero-order valence-electron chi connectivity index (χ0n) is 15.5. The van der Waals surface area contributed by atoms with Crippen LogP contribution >= 0.6 is 0 Å². The molecule has 11 heteroatoms. The van der Waals surface area contributed by atoms with E-state index in [-0.39, 0.29) is 18.6 Å². The molecular formula is C16H18O10V. The minimum Gasteiger partial charge on any atom is -0.548 e. The molecule has 27 heavy (non-hydrogen) atoms. The molecule has 0 aromatic rings. The van der Waals surface area contributed by atoms with E-state index in [0.29, 0.717) is 0 Å². The Morgan fingerprint density at radius 3 is 0.556 bits per heavy atom. The van der Waals surface area contributed by atoms with E-state index in [1.165, 1.54) is 0 Å². The van der Waals surface area contributed by atoms with Gasteiger partial charge in [-0.1, -0.05) is 0 Å². The molecule has 0 aromatic heterocycles. The number of carbonyl (C=O) groups excluding carboxylic acids is 8. The van der Waals surface area contributed by atoms with Crippen LogP contribution in [0, 0.1) is 10.8 Å². The summed E-state index contributed by atoms with van der Waals surface area (Å²) in [6, 6.07) is 0. The number of carboxylic acids is 2. The van der Waals surface area contributed by atoms with Crippen molar-refractivity contribution in [1.82, 2.24) is 0 Å². The molecule has 0 aliphatic carbocycles. The first-order valence-corrected chi connectivity index (χ1v) is 7.04. The number of aliphatic carboxylic acids is 2. The van der Waals surface area contributed by atoms with Crippen LogP contribution < -0.4 is 10.2 Å². The second-order valence-corrected chi connectivity index (χ2v) is 5.41. The minimum absolute atomic E-state index is 0. The quantitative estimate of drug-likeness (QED) is 0.366. The summed E-state index contributed by atoms with van der Waals surface area (Å²) in [6.45, 7) is 5.24. The van der Waals surface area contributed by atoms with Gasteiger partial charge in [0.2, 0.25) is 0 Å². The third-order valence-corrected chi connectivity index (χ3v) is 3.78. The van der Waals surface area contributed by atoms with Crippen LogP contribution in [-0.4, -0.2) is 46.6 Å². The second-order valence-electron chi connectivity index (χ2n) is 5.41. The first-order valence-electron chi connectivity index (χ1n) is 7.04. The summed E-state index contributed by atoms with van der Waals surface area (Å²) in [5.41, 5.74) is -5.22. The van der Waals surface area contributed by atoms with E-state index in [1.807, 2.05) is 0 Å². The molecule has 0 atom stereocenters. The largest absolute Gasteiger partial charge is 2.00 e. The Balaban J connectivity index is -0.000000411. The average molecular weight is 421 g/mol. The molecule has 0 spiro atoms. The molecule has 0 heterocycles. The van der Waals surface area contributed by atoms with Gasteiger partial charge in [-0.15, -0.1) is 0 Å². The molecule has 0 amide bonds. The van der Waals surface area contributed by atoms with E-state index >= 15 is 0 Å². The van der Waals surface area contributed by atoms with Crippen molar-refractivity contribution in [3.8, 4) is 0 Å². The van der Waals surface area contributed by atoms with Crippen molar-refractivity contribution in [1.29, 1.82) is 0 Å². The molecule has 0 aromatic carbocycles. The Bertz CT molecular complexity index is 521. The van der Waals surface area contributed by atoms with Crippen LogP contribution in [0.4, 0.5) is 0 Å². The molecular weight excluding hydrogens is 403 g/mol. The summed E-state index contributed by atoms with van der Waals surface area (Å²) in [4.78, 5) is 86.7. The molecule has 147 valence electrons. The molecule has 0 saturated heterocycles. The summed E-state index contributed by atoms with van der Waals surface area (Å²) in [5, 5.41) is 21.1. The van der Waals surface area contributed by atoms with Gasteiger partial charge in [-0.05, 0) is 41.5 Å². The Morgan fingerprint density at radius 1 is 0.444 bits per heavy atom. The molecule has 1 radical (unpaired) electrons. The van der Waals surface area contributed by atoms with Crippen molar-refractivity contribution < 1.29 is 67.1 Å². The Hall–Kier alpha value is -2.46. The van der Waals surface area contributed by atoms with E-state index in [9.17, 15) is 48.6 Å². The molecule has 0 bridgehead atoms. The number of hydrogen-bond acceptors (Lipinski definition) is 10. The van der Waals surface area contributed by atoms with Gasteiger partial charge in [0.1, 0.15) is 0 Å². The fraction of sp³-hybridized carbons (Fsp3) is 0.500. The fourth-order valence-electron chi connectivity index (χ4n) is 2.35. The Morgan fingerprint density at radius 2 is 0.556 bits per heavy atom. The number of rotatable bonds is 8. The van der Waals surface area contributed by atoms with Crippen molar-refractivity contribution in [2.75, 3.05) is 0 Å². The van der Waals surface area contributed by atoms with Crippen molar-refractivity contribution >= 4 is 46.6 Å². The number of carbonyl (C=O) groups is 8. The zero-order valence-corrected chi connectivity index (χ0v) is 16.9. The standard InChI is InChI=1S/2C8H10O5.V/c2*1-4(9)8(5(2)10,6(3)11)7(12)13;/h2*1-3H3,(H,12,13);/q;;+2/p-2. The van der Waals surface area contributed by atoms with E-state index in [0.717, 1.165) is 41.5 Å². The Kier molecular flexibility index (Phi) is 11.5. The number of ketones is 6. The van der Waals surface area contributed by atoms with Crippen molar-refractivity contribution in [3.63, 3.8) is 0 Å². The molecule has 0 unspecified atom stereocenters. The van der Waals surface area contributed by atoms with Crippen LogP contribution in [0.3, 0.4) is 0 Å². The van der Waals surface area contributed by atoms with Crippen LogP contribution in [0.25, 0.3) is 0 Å². The van der Waals surface area contributed by atoms with Crippen LogP contribution in [0.15, 0.2) is 0 Å². The van der Waals surface area contributed by atoms with Gasteiger partial charge in [0, 0.05) is 0 Å². The maximum absolute atomic E-state index is 10.9. The van der Waals surface area contributed by atoms with Gasteiger partial charge >= 0.3 is 18.6 Å². The van der Waals surface area contributed by atoms with Gasteiger partial charge in [0.15, 0.2) is 45.5 Å². The minimum atomic E-state index is -2.61. The third kappa shape index (κ3) is 5.27. The molecule has 10 nitrogen and oxygen atoms in total. The van der Waals surface area contributed by atoms with Gasteiger partial charge in [-0.25, -0.2) is 0 Å². The number of carboxylic acid groups (broad SMARTS) is 2. The average Bonchev–Trinajstić information content (AvgIpc) is 2.35. The summed E-state index contributed by atoms with van der Waals surface area (Å²) in [6.07, 6.45) is 0. The van der Waals surface area contributed by atoms with E-state index in [1.54, 1.807) is 0 Å². The van der Waals surface area contributed by atoms with Gasteiger partial charge in [-0.2, -0.15) is 0 Å². The first-order chi connectivity index (χ1) is 11.5. The second kappa shape index (κ2) is 10.6. The smallest absolute Gasteiger partial charge is 0.548 e. The molecule has 0 rings (SSSR count). The molecule has 0 fully saturated rings. The maximum atomic E-state index is 10.9. The molecule has 0 N–H and O–H groups in total. The van der Waals surface area contributed by atoms with Crippen LogP contribution in [0.1, 0.15) is 41.5 Å². The third-order valence-electron chi connectivity index (χ3n) is 3.78. The summed E-state index contributed by atoms with van der Waals surface area (Å²) >= 11 is 0. The van der Waals surface area contributed by atoms with Gasteiger partial charge in [0.25, 0.3) is 0 Å². The molecule has 0 aliphatic rings. The number of hydrogen-bond donors (Lipinski definition) is 0. The first kappa shape index (κ1) is 29.3. The zero-order chi connectivity index (χ0) is 21.6. The summed E-state index contributed by atoms with van der Waals surface area (Å²) in [5.74, 6) is -10.0. The van der Waals surface area contributed by atoms with E-state index in [4.69, 9.17) is 0 Å². The number of Topliss-reactive ketones (excluding diaryl/α,β-unsaturated/α-hetero) is 6. The Labute approximate surface area is 166 Å². The van der Waals surface area contributed by atoms with E-state index in [2.05, 4.69) is 0 Å². The van der Waals surface area contributed by atoms with Crippen LogP contribution in [0.5, 0.6) is 0 Å². The fourth-order valence-corrected chi connectivity index (χ4v) is 2.35. The van der Waals surface area contributed by atoms with E-state index < -0.39 is 57.5 Å². The van der Waals surface area contributed by atoms with Gasteiger partial charge in [-0.3, -0.25) is 28.8 Å². The van der Waals surface area contributed by atoms with Crippen molar-refractivity contribution in [2.45, 2.75) is 41.5 Å². The van der Waals surface area contributed by atoms with Gasteiger partial charge < -0.3 is 19.8 Å². The predicted octanol–water partition coefficient (Wildman–Crippen LogP) is -3.02. The monoisotopic (exact) mass is 421 g/mol. The topological polar surface area (TPSA) is 183 Å². The maximum Gasteiger partial charge on any atom is 2.00 e. The summed E-state index contributed by atoms with van der Waals surface area (Å²) < 4.78 is 0. The molecule has 0 saturated carbocycles. The van der Waals surface area contributed by atoms with Gasteiger partial charge in [0.05, 0.1) is 11.9 Å². The van der Waals surface area contributed by atoms with Crippen molar-refractivity contribution in [2.24, 2.45) is 10.8 Å². The predicted molar refractivity (Wildman–Crippen MR) is 79.0 cm³/mol. The SMILES string of the molecule is CC(=O)C(C(C)=O)(C(C)=O)C(=O)[O-].CC(=O)C(C(C)=O)(C(C)=O)C(=O)[O-].[V+2]. The van der Waals surface area contributed by atoms with Crippen LogP contribution in [-0.2, 0) is 56.9 Å². The van der Waals surface area contributed by atoms with Crippen molar-refractivity contribution in [3.05, 3.63) is 0 Å². The normalized spacial score (nSPS) is 10.3. The summed E-state index contributed by atoms with van der Waals surface area (Å²) in [7, 11) is 0.